The Bertz CT molecular complexity index is 555. The maximum atomic E-state index is 11.7. The zero-order valence-corrected chi connectivity index (χ0v) is 13.0. The maximum absolute atomic E-state index is 11.7. The molecular formula is C14H22N2O3S. The van der Waals surface area contributed by atoms with Gasteiger partial charge in [0.2, 0.25) is 15.9 Å². The minimum absolute atomic E-state index is 0.103. The van der Waals surface area contributed by atoms with Crippen molar-refractivity contribution in [1.82, 2.24) is 4.72 Å². The van der Waals surface area contributed by atoms with E-state index < -0.39 is 10.0 Å². The predicted molar refractivity (Wildman–Crippen MR) is 81.3 cm³/mol. The fraction of sp³-hybridized carbons (Fsp3) is 0.500. The average molecular weight is 298 g/mol. The molecule has 0 saturated carbocycles. The van der Waals surface area contributed by atoms with Crippen molar-refractivity contribution in [3.8, 4) is 0 Å². The molecule has 0 bridgehead atoms. The van der Waals surface area contributed by atoms with Crippen LogP contribution in [0.3, 0.4) is 0 Å². The zero-order chi connectivity index (χ0) is 15.2. The van der Waals surface area contributed by atoms with Gasteiger partial charge in [0.05, 0.1) is 5.75 Å². The largest absolute Gasteiger partial charge is 0.311 e. The predicted octanol–water partition coefficient (Wildman–Crippen LogP) is 1.68. The van der Waals surface area contributed by atoms with Gasteiger partial charge in [-0.05, 0) is 25.0 Å². The first-order valence-corrected chi connectivity index (χ1v) is 8.33. The first-order chi connectivity index (χ1) is 9.37. The minimum atomic E-state index is -3.23. The molecule has 0 aliphatic rings. The number of benzene rings is 1. The average Bonchev–Trinajstić information content (AvgIpc) is 2.35. The molecule has 0 atom stereocenters. The molecule has 1 rings (SSSR count). The van der Waals surface area contributed by atoms with Crippen molar-refractivity contribution in [2.75, 3.05) is 23.7 Å². The third kappa shape index (κ3) is 4.94. The van der Waals surface area contributed by atoms with Crippen molar-refractivity contribution in [2.24, 2.45) is 0 Å². The summed E-state index contributed by atoms with van der Waals surface area (Å²) in [5.74, 6) is 0.00578. The number of hydrogen-bond acceptors (Lipinski definition) is 3. The van der Waals surface area contributed by atoms with Crippen LogP contribution in [0.15, 0.2) is 24.3 Å². The number of carbonyl (C=O) groups is 1. The van der Waals surface area contributed by atoms with Gasteiger partial charge >= 0.3 is 0 Å². The summed E-state index contributed by atoms with van der Waals surface area (Å²) in [6, 6.07) is 7.55. The molecule has 6 heteroatoms. The maximum Gasteiger partial charge on any atom is 0.223 e. The summed E-state index contributed by atoms with van der Waals surface area (Å²) in [7, 11) is -3.23. The number of sulfonamides is 1. The molecule has 0 aliphatic carbocycles. The number of rotatable bonds is 7. The van der Waals surface area contributed by atoms with E-state index >= 15 is 0 Å². The van der Waals surface area contributed by atoms with Gasteiger partial charge in [-0.25, -0.2) is 13.1 Å². The van der Waals surface area contributed by atoms with Crippen molar-refractivity contribution < 1.29 is 13.2 Å². The second-order valence-corrected chi connectivity index (χ2v) is 6.60. The molecule has 1 amide bonds. The molecular weight excluding hydrogens is 276 g/mol. The Labute approximate surface area is 121 Å². The summed E-state index contributed by atoms with van der Waals surface area (Å²) < 4.78 is 25.7. The number of hydrogen-bond donors (Lipinski definition) is 1. The zero-order valence-electron chi connectivity index (χ0n) is 12.2. The molecule has 1 aromatic carbocycles. The topological polar surface area (TPSA) is 66.5 Å². The Hall–Kier alpha value is -1.40. The van der Waals surface area contributed by atoms with Gasteiger partial charge in [-0.15, -0.1) is 0 Å². The first kappa shape index (κ1) is 16.7. The number of para-hydroxylation sites is 1. The van der Waals surface area contributed by atoms with E-state index in [0.717, 1.165) is 11.3 Å². The van der Waals surface area contributed by atoms with Gasteiger partial charge in [-0.1, -0.05) is 25.1 Å². The molecule has 1 aromatic rings. The van der Waals surface area contributed by atoms with Gasteiger partial charge in [0.15, 0.2) is 0 Å². The van der Waals surface area contributed by atoms with Crippen molar-refractivity contribution in [3.05, 3.63) is 29.8 Å². The lowest BCUT2D eigenvalue weighted by Crippen LogP contribution is -2.38. The van der Waals surface area contributed by atoms with Crippen LogP contribution in [0.5, 0.6) is 0 Å². The molecule has 20 heavy (non-hydrogen) atoms. The van der Waals surface area contributed by atoms with E-state index in [1.54, 1.807) is 4.90 Å². The quantitative estimate of drug-likeness (QED) is 0.833. The lowest BCUT2D eigenvalue weighted by Gasteiger charge is -2.23. The molecule has 0 spiro atoms. The van der Waals surface area contributed by atoms with Gasteiger partial charge in [-0.3, -0.25) is 4.79 Å². The van der Waals surface area contributed by atoms with E-state index in [1.165, 1.54) is 6.92 Å². The summed E-state index contributed by atoms with van der Waals surface area (Å²) in [6.45, 7) is 5.76. The summed E-state index contributed by atoms with van der Waals surface area (Å²) in [6.07, 6.45) is 0.573. The second kappa shape index (κ2) is 7.40. The number of nitrogens with zero attached hydrogens (tertiary/aromatic N) is 1. The van der Waals surface area contributed by atoms with E-state index in [-0.39, 0.29) is 18.2 Å². The van der Waals surface area contributed by atoms with Crippen LogP contribution in [0.1, 0.15) is 25.8 Å². The van der Waals surface area contributed by atoms with Crippen molar-refractivity contribution in [3.63, 3.8) is 0 Å². The highest BCUT2D eigenvalue weighted by molar-refractivity contribution is 7.89. The normalized spacial score (nSPS) is 11.3. The summed E-state index contributed by atoms with van der Waals surface area (Å²) >= 11 is 0. The third-order valence-corrected chi connectivity index (χ3v) is 4.51. The van der Waals surface area contributed by atoms with Gasteiger partial charge in [-0.2, -0.15) is 0 Å². The Kier molecular flexibility index (Phi) is 6.16. The number of amides is 1. The highest BCUT2D eigenvalue weighted by Gasteiger charge is 2.14. The summed E-state index contributed by atoms with van der Waals surface area (Å²) in [5.41, 5.74) is 1.80. The van der Waals surface area contributed by atoms with E-state index in [1.807, 2.05) is 38.1 Å². The summed E-state index contributed by atoms with van der Waals surface area (Å²) in [5, 5.41) is 0. The van der Waals surface area contributed by atoms with Crippen LogP contribution < -0.4 is 9.62 Å². The monoisotopic (exact) mass is 298 g/mol. The Balaban J connectivity index is 2.71. The van der Waals surface area contributed by atoms with Gasteiger partial charge in [0.1, 0.15) is 0 Å². The van der Waals surface area contributed by atoms with Gasteiger partial charge in [0.25, 0.3) is 0 Å². The molecule has 0 saturated heterocycles. The van der Waals surface area contributed by atoms with Gasteiger partial charge in [0, 0.05) is 25.7 Å². The van der Waals surface area contributed by atoms with Crippen molar-refractivity contribution in [2.45, 2.75) is 27.2 Å². The van der Waals surface area contributed by atoms with Gasteiger partial charge < -0.3 is 4.90 Å². The third-order valence-electron chi connectivity index (χ3n) is 2.92. The molecule has 0 aromatic heterocycles. The van der Waals surface area contributed by atoms with E-state index in [2.05, 4.69) is 4.72 Å². The molecule has 0 unspecified atom stereocenters. The highest BCUT2D eigenvalue weighted by Crippen LogP contribution is 2.19. The number of aryl methyl sites for hydroxylation is 1. The smallest absolute Gasteiger partial charge is 0.223 e. The van der Waals surface area contributed by atoms with Crippen LogP contribution in [0.25, 0.3) is 0 Å². The van der Waals surface area contributed by atoms with E-state index in [4.69, 9.17) is 0 Å². The molecule has 5 nitrogen and oxygen atoms in total. The SMILES string of the molecule is CCCS(=O)(=O)NCCN(C(C)=O)c1ccccc1C. The number of anilines is 1. The summed E-state index contributed by atoms with van der Waals surface area (Å²) in [4.78, 5) is 13.3. The molecule has 0 aliphatic heterocycles. The molecule has 112 valence electrons. The highest BCUT2D eigenvalue weighted by atomic mass is 32.2. The van der Waals surface area contributed by atoms with Crippen LogP contribution in [-0.2, 0) is 14.8 Å². The fourth-order valence-electron chi connectivity index (χ4n) is 1.97. The number of carbonyl (C=O) groups excluding carboxylic acids is 1. The lowest BCUT2D eigenvalue weighted by molar-refractivity contribution is -0.116. The first-order valence-electron chi connectivity index (χ1n) is 6.68. The minimum Gasteiger partial charge on any atom is -0.311 e. The Morgan fingerprint density at radius 3 is 2.50 bits per heavy atom. The van der Waals surface area contributed by atoms with Crippen molar-refractivity contribution in [1.29, 1.82) is 0 Å². The standard InChI is InChI=1S/C14H22N2O3S/c1-4-11-20(18,19)15-9-10-16(13(3)17)14-8-6-5-7-12(14)2/h5-8,15H,4,9-11H2,1-3H3. The molecule has 0 fully saturated rings. The van der Waals surface area contributed by atoms with Crippen molar-refractivity contribution >= 4 is 21.6 Å². The Morgan fingerprint density at radius 2 is 1.95 bits per heavy atom. The second-order valence-electron chi connectivity index (χ2n) is 4.67. The number of nitrogens with one attached hydrogen (secondary N) is 1. The van der Waals surface area contributed by atoms with E-state index in [9.17, 15) is 13.2 Å². The van der Waals surface area contributed by atoms with Crippen LogP contribution in [0, 0.1) is 6.92 Å². The molecule has 0 heterocycles. The lowest BCUT2D eigenvalue weighted by atomic mass is 10.2. The van der Waals surface area contributed by atoms with Crippen LogP contribution in [0.2, 0.25) is 0 Å². The molecule has 0 radical (unpaired) electrons. The fourth-order valence-corrected chi connectivity index (χ4v) is 3.05. The molecule has 1 N–H and O–H groups in total. The van der Waals surface area contributed by atoms with E-state index in [0.29, 0.717) is 13.0 Å². The Morgan fingerprint density at radius 1 is 1.30 bits per heavy atom. The van der Waals surface area contributed by atoms with Crippen LogP contribution in [0.4, 0.5) is 5.69 Å². The van der Waals surface area contributed by atoms with Crippen LogP contribution in [-0.4, -0.2) is 33.2 Å². The van der Waals surface area contributed by atoms with Crippen LogP contribution >= 0.6 is 0 Å².